The van der Waals surface area contributed by atoms with Crippen LogP contribution in [-0.4, -0.2) is 58.8 Å². The normalized spacial score (nSPS) is 20.1. The Morgan fingerprint density at radius 1 is 1.21 bits per heavy atom. The summed E-state index contributed by atoms with van der Waals surface area (Å²) in [5, 5.41) is 7.43. The van der Waals surface area contributed by atoms with Gasteiger partial charge >= 0.3 is 6.03 Å². The first-order valence-electron chi connectivity index (χ1n) is 10.3. The quantitative estimate of drug-likeness (QED) is 0.746. The number of nitrogens with one attached hydrogen (secondary N) is 1. The number of amides is 2. The summed E-state index contributed by atoms with van der Waals surface area (Å²) < 4.78 is 1.84. The zero-order valence-corrected chi connectivity index (χ0v) is 17.3. The second-order valence-corrected chi connectivity index (χ2v) is 8.28. The summed E-state index contributed by atoms with van der Waals surface area (Å²) in [6.07, 6.45) is 6.11. The maximum Gasteiger partial charge on any atom is 0.317 e. The van der Waals surface area contributed by atoms with E-state index in [-0.39, 0.29) is 6.03 Å². The SMILES string of the molecule is CC1CC(C)CN(CCCNC(=O)N(C)Cc2cnn(-c3ccccc3)c2)C1. The Morgan fingerprint density at radius 2 is 1.93 bits per heavy atom. The summed E-state index contributed by atoms with van der Waals surface area (Å²) in [5.74, 6) is 1.56. The van der Waals surface area contributed by atoms with Crippen LogP contribution in [0.5, 0.6) is 0 Å². The van der Waals surface area contributed by atoms with E-state index in [4.69, 9.17) is 0 Å². The van der Waals surface area contributed by atoms with Crippen molar-refractivity contribution in [3.8, 4) is 5.69 Å². The molecule has 1 fully saturated rings. The van der Waals surface area contributed by atoms with Crippen molar-refractivity contribution in [3.05, 3.63) is 48.3 Å². The summed E-state index contributed by atoms with van der Waals surface area (Å²) in [6.45, 7) is 9.35. The lowest BCUT2D eigenvalue weighted by atomic mass is 9.92. The molecule has 152 valence electrons. The smallest absolute Gasteiger partial charge is 0.317 e. The Kier molecular flexibility index (Phi) is 7.09. The minimum absolute atomic E-state index is 0.0344. The topological polar surface area (TPSA) is 53.4 Å². The van der Waals surface area contributed by atoms with Crippen molar-refractivity contribution < 1.29 is 4.79 Å². The Hall–Kier alpha value is -2.34. The zero-order valence-electron chi connectivity index (χ0n) is 17.3. The maximum absolute atomic E-state index is 12.4. The van der Waals surface area contributed by atoms with Crippen LogP contribution in [0.2, 0.25) is 0 Å². The molecule has 0 saturated carbocycles. The van der Waals surface area contributed by atoms with Gasteiger partial charge in [0.05, 0.1) is 18.4 Å². The fourth-order valence-electron chi connectivity index (χ4n) is 4.12. The van der Waals surface area contributed by atoms with E-state index in [1.165, 1.54) is 19.5 Å². The second-order valence-electron chi connectivity index (χ2n) is 8.28. The molecule has 2 atom stereocenters. The molecule has 0 radical (unpaired) electrons. The third kappa shape index (κ3) is 5.83. The van der Waals surface area contributed by atoms with Crippen LogP contribution in [0.25, 0.3) is 5.69 Å². The number of urea groups is 1. The summed E-state index contributed by atoms with van der Waals surface area (Å²) in [4.78, 5) is 16.6. The van der Waals surface area contributed by atoms with E-state index in [0.29, 0.717) is 13.1 Å². The number of carbonyl (C=O) groups excluding carboxylic acids is 1. The maximum atomic E-state index is 12.4. The number of benzene rings is 1. The number of piperidine rings is 1. The molecule has 6 nitrogen and oxygen atoms in total. The van der Waals surface area contributed by atoms with E-state index >= 15 is 0 Å². The van der Waals surface area contributed by atoms with Gasteiger partial charge in [-0.2, -0.15) is 5.10 Å². The number of aromatic nitrogens is 2. The average molecular weight is 384 g/mol. The van der Waals surface area contributed by atoms with Gasteiger partial charge in [-0.15, -0.1) is 0 Å². The monoisotopic (exact) mass is 383 g/mol. The number of rotatable bonds is 7. The third-order valence-electron chi connectivity index (χ3n) is 5.30. The van der Waals surface area contributed by atoms with Crippen molar-refractivity contribution in [2.45, 2.75) is 33.2 Å². The summed E-state index contributed by atoms with van der Waals surface area (Å²) >= 11 is 0. The van der Waals surface area contributed by atoms with Gasteiger partial charge in [0.15, 0.2) is 0 Å². The van der Waals surface area contributed by atoms with Crippen LogP contribution in [-0.2, 0) is 6.54 Å². The highest BCUT2D eigenvalue weighted by molar-refractivity contribution is 5.73. The van der Waals surface area contributed by atoms with Gasteiger partial charge in [0.25, 0.3) is 0 Å². The standard InChI is InChI=1S/C22H33N5O/c1-18-12-19(2)15-26(14-18)11-7-10-23-22(28)25(3)16-20-13-24-27(17-20)21-8-5-4-6-9-21/h4-6,8-9,13,17-19H,7,10-12,14-16H2,1-3H3,(H,23,28). The largest absolute Gasteiger partial charge is 0.338 e. The zero-order chi connectivity index (χ0) is 19.9. The number of nitrogens with zero attached hydrogens (tertiary/aromatic N) is 4. The molecule has 2 amide bonds. The second kappa shape index (κ2) is 9.73. The van der Waals surface area contributed by atoms with Crippen LogP contribution in [0, 0.1) is 11.8 Å². The van der Waals surface area contributed by atoms with Crippen molar-refractivity contribution in [2.24, 2.45) is 11.8 Å². The van der Waals surface area contributed by atoms with E-state index in [2.05, 4.69) is 29.2 Å². The molecule has 6 heteroatoms. The molecule has 2 heterocycles. The van der Waals surface area contributed by atoms with Crippen LogP contribution in [0.15, 0.2) is 42.7 Å². The van der Waals surface area contributed by atoms with Crippen LogP contribution in [0.1, 0.15) is 32.3 Å². The fraction of sp³-hybridized carbons (Fsp3) is 0.545. The van der Waals surface area contributed by atoms with E-state index < -0.39 is 0 Å². The average Bonchev–Trinajstić information content (AvgIpc) is 3.13. The Bertz CT molecular complexity index is 734. The predicted octanol–water partition coefficient (Wildman–Crippen LogP) is 3.38. The Balaban J connectivity index is 1.38. The van der Waals surface area contributed by atoms with Gasteiger partial charge in [-0.05, 0) is 43.4 Å². The Labute approximate surface area is 168 Å². The molecule has 0 spiro atoms. The molecule has 1 aliphatic rings. The third-order valence-corrected chi connectivity index (χ3v) is 5.30. The van der Waals surface area contributed by atoms with Gasteiger partial charge in [0, 0.05) is 38.4 Å². The minimum atomic E-state index is -0.0344. The van der Waals surface area contributed by atoms with E-state index in [1.807, 2.05) is 54.5 Å². The highest BCUT2D eigenvalue weighted by Crippen LogP contribution is 2.20. The van der Waals surface area contributed by atoms with Crippen molar-refractivity contribution in [1.29, 1.82) is 0 Å². The van der Waals surface area contributed by atoms with Gasteiger partial charge < -0.3 is 15.1 Å². The molecule has 1 aromatic carbocycles. The lowest BCUT2D eigenvalue weighted by molar-refractivity contribution is 0.139. The van der Waals surface area contributed by atoms with Crippen molar-refractivity contribution >= 4 is 6.03 Å². The first kappa shape index (κ1) is 20.4. The lowest BCUT2D eigenvalue weighted by Gasteiger charge is -2.35. The van der Waals surface area contributed by atoms with Crippen LogP contribution in [0.4, 0.5) is 4.79 Å². The van der Waals surface area contributed by atoms with Gasteiger partial charge in [-0.3, -0.25) is 0 Å². The number of carbonyl (C=O) groups is 1. The fourth-order valence-corrected chi connectivity index (χ4v) is 4.12. The van der Waals surface area contributed by atoms with Crippen LogP contribution >= 0.6 is 0 Å². The Morgan fingerprint density at radius 3 is 2.64 bits per heavy atom. The van der Waals surface area contributed by atoms with E-state index in [1.54, 1.807) is 4.90 Å². The van der Waals surface area contributed by atoms with Crippen LogP contribution in [0.3, 0.4) is 0 Å². The summed E-state index contributed by atoms with van der Waals surface area (Å²) in [6, 6.07) is 9.95. The molecule has 1 aromatic heterocycles. The molecule has 2 unspecified atom stereocenters. The van der Waals surface area contributed by atoms with E-state index in [0.717, 1.165) is 36.1 Å². The van der Waals surface area contributed by atoms with Crippen molar-refractivity contribution in [3.63, 3.8) is 0 Å². The first-order valence-corrected chi connectivity index (χ1v) is 10.3. The molecule has 3 rings (SSSR count). The molecule has 1 N–H and O–H groups in total. The summed E-state index contributed by atoms with van der Waals surface area (Å²) in [5.41, 5.74) is 2.03. The molecular weight excluding hydrogens is 350 g/mol. The molecule has 1 saturated heterocycles. The van der Waals surface area contributed by atoms with Gasteiger partial charge in [-0.1, -0.05) is 32.0 Å². The van der Waals surface area contributed by atoms with Crippen LogP contribution < -0.4 is 5.32 Å². The molecule has 28 heavy (non-hydrogen) atoms. The number of para-hydroxylation sites is 1. The van der Waals surface area contributed by atoms with Gasteiger partial charge in [0.2, 0.25) is 0 Å². The first-order chi connectivity index (χ1) is 13.5. The molecule has 1 aliphatic heterocycles. The van der Waals surface area contributed by atoms with Crippen molar-refractivity contribution in [1.82, 2.24) is 24.9 Å². The minimum Gasteiger partial charge on any atom is -0.338 e. The number of hydrogen-bond donors (Lipinski definition) is 1. The van der Waals surface area contributed by atoms with Crippen molar-refractivity contribution in [2.75, 3.05) is 33.2 Å². The predicted molar refractivity (Wildman–Crippen MR) is 112 cm³/mol. The summed E-state index contributed by atoms with van der Waals surface area (Å²) in [7, 11) is 1.82. The lowest BCUT2D eigenvalue weighted by Crippen LogP contribution is -2.41. The molecule has 0 aliphatic carbocycles. The van der Waals surface area contributed by atoms with E-state index in [9.17, 15) is 4.79 Å². The molecule has 0 bridgehead atoms. The highest BCUT2D eigenvalue weighted by Gasteiger charge is 2.21. The number of likely N-dealkylation sites (tertiary alicyclic amines) is 1. The molecule has 2 aromatic rings. The van der Waals surface area contributed by atoms with Gasteiger partial charge in [-0.25, -0.2) is 9.48 Å². The number of hydrogen-bond acceptors (Lipinski definition) is 3. The molecular formula is C22H33N5O. The highest BCUT2D eigenvalue weighted by atomic mass is 16.2. The van der Waals surface area contributed by atoms with Gasteiger partial charge in [0.1, 0.15) is 0 Å².